The minimum Gasteiger partial charge on any atom is -0.370 e. The van der Waals surface area contributed by atoms with Crippen LogP contribution in [-0.2, 0) is 13.6 Å². The van der Waals surface area contributed by atoms with Crippen LogP contribution in [0.2, 0.25) is 0 Å². The first-order chi connectivity index (χ1) is 9.88. The Labute approximate surface area is 121 Å². The molecule has 1 aromatic heterocycles. The first-order valence-corrected chi connectivity index (χ1v) is 6.36. The standard InChI is InChI=1S/C14H16N4O3/c1-10(19)13-6-12(18(20)21)4-5-14(13)16(2)8-11-7-15-17(3)9-11/h4-7,9H,8H2,1-3H3. The summed E-state index contributed by atoms with van der Waals surface area (Å²) in [4.78, 5) is 23.9. The van der Waals surface area contributed by atoms with Gasteiger partial charge in [0.1, 0.15) is 0 Å². The predicted octanol–water partition coefficient (Wildman–Crippen LogP) is 2.17. The maximum absolute atomic E-state index is 11.7. The van der Waals surface area contributed by atoms with Crippen molar-refractivity contribution >= 4 is 17.2 Å². The molecule has 0 atom stereocenters. The molecular weight excluding hydrogens is 272 g/mol. The lowest BCUT2D eigenvalue weighted by atomic mass is 10.1. The highest BCUT2D eigenvalue weighted by atomic mass is 16.6. The van der Waals surface area contributed by atoms with E-state index in [4.69, 9.17) is 0 Å². The number of carbonyl (C=O) groups is 1. The van der Waals surface area contributed by atoms with E-state index in [1.54, 1.807) is 16.9 Å². The van der Waals surface area contributed by atoms with Gasteiger partial charge in [0.05, 0.1) is 11.1 Å². The summed E-state index contributed by atoms with van der Waals surface area (Å²) in [5, 5.41) is 14.9. The SMILES string of the molecule is CC(=O)c1cc([N+](=O)[O-])ccc1N(C)Cc1cnn(C)c1. The number of non-ortho nitro benzene ring substituents is 1. The van der Waals surface area contributed by atoms with Crippen molar-refractivity contribution in [2.24, 2.45) is 7.05 Å². The lowest BCUT2D eigenvalue weighted by molar-refractivity contribution is -0.384. The van der Waals surface area contributed by atoms with Gasteiger partial charge in [-0.1, -0.05) is 0 Å². The normalized spacial score (nSPS) is 10.4. The smallest absolute Gasteiger partial charge is 0.270 e. The molecule has 7 nitrogen and oxygen atoms in total. The fourth-order valence-electron chi connectivity index (χ4n) is 2.17. The second-order valence-electron chi connectivity index (χ2n) is 4.89. The number of nitro benzene ring substituents is 1. The van der Waals surface area contributed by atoms with E-state index >= 15 is 0 Å². The molecule has 21 heavy (non-hydrogen) atoms. The minimum absolute atomic E-state index is 0.0845. The van der Waals surface area contributed by atoms with E-state index in [9.17, 15) is 14.9 Å². The molecule has 0 saturated heterocycles. The molecule has 0 saturated carbocycles. The van der Waals surface area contributed by atoms with Crippen molar-refractivity contribution in [3.63, 3.8) is 0 Å². The first kappa shape index (κ1) is 14.7. The van der Waals surface area contributed by atoms with Crippen LogP contribution in [0.3, 0.4) is 0 Å². The Balaban J connectivity index is 2.33. The second kappa shape index (κ2) is 5.74. The molecule has 1 aromatic carbocycles. The topological polar surface area (TPSA) is 81.3 Å². The van der Waals surface area contributed by atoms with E-state index in [0.29, 0.717) is 17.8 Å². The Morgan fingerprint density at radius 2 is 2.19 bits per heavy atom. The average molecular weight is 288 g/mol. The molecule has 110 valence electrons. The molecule has 2 aromatic rings. The summed E-state index contributed by atoms with van der Waals surface area (Å²) in [6, 6.07) is 4.32. The van der Waals surface area contributed by atoms with Gasteiger partial charge in [-0.15, -0.1) is 0 Å². The minimum atomic E-state index is -0.503. The summed E-state index contributed by atoms with van der Waals surface area (Å²) >= 11 is 0. The number of Topliss-reactive ketones (excluding diaryl/α,β-unsaturated/α-hetero) is 1. The van der Waals surface area contributed by atoms with Crippen molar-refractivity contribution in [2.45, 2.75) is 13.5 Å². The number of carbonyl (C=O) groups excluding carboxylic acids is 1. The third kappa shape index (κ3) is 3.25. The zero-order valence-electron chi connectivity index (χ0n) is 12.1. The van der Waals surface area contributed by atoms with Gasteiger partial charge in [0.2, 0.25) is 0 Å². The Morgan fingerprint density at radius 3 is 2.71 bits per heavy atom. The van der Waals surface area contributed by atoms with Gasteiger partial charge in [0, 0.05) is 55.8 Å². The van der Waals surface area contributed by atoms with E-state index in [-0.39, 0.29) is 11.5 Å². The molecule has 0 radical (unpaired) electrons. The highest BCUT2D eigenvalue weighted by molar-refractivity contribution is 6.00. The molecule has 0 aliphatic carbocycles. The van der Waals surface area contributed by atoms with E-state index < -0.39 is 4.92 Å². The third-order valence-electron chi connectivity index (χ3n) is 3.16. The number of anilines is 1. The molecule has 0 N–H and O–H groups in total. The van der Waals surface area contributed by atoms with Crippen LogP contribution in [0, 0.1) is 10.1 Å². The molecule has 0 aliphatic rings. The quantitative estimate of drug-likeness (QED) is 0.478. The summed E-state index contributed by atoms with van der Waals surface area (Å²) in [5.74, 6) is -0.202. The molecule has 7 heteroatoms. The van der Waals surface area contributed by atoms with Crippen molar-refractivity contribution in [2.75, 3.05) is 11.9 Å². The zero-order chi connectivity index (χ0) is 15.6. The van der Waals surface area contributed by atoms with Crippen LogP contribution in [0.25, 0.3) is 0 Å². The van der Waals surface area contributed by atoms with Crippen molar-refractivity contribution in [3.05, 3.63) is 51.8 Å². The maximum atomic E-state index is 11.7. The van der Waals surface area contributed by atoms with E-state index in [0.717, 1.165) is 5.56 Å². The average Bonchev–Trinajstić information content (AvgIpc) is 2.83. The van der Waals surface area contributed by atoms with Gasteiger partial charge in [0.25, 0.3) is 5.69 Å². The van der Waals surface area contributed by atoms with Crippen LogP contribution in [0.5, 0.6) is 0 Å². The molecule has 0 bridgehead atoms. The van der Waals surface area contributed by atoms with Crippen LogP contribution in [-0.4, -0.2) is 27.5 Å². The van der Waals surface area contributed by atoms with Crippen molar-refractivity contribution in [1.29, 1.82) is 0 Å². The van der Waals surface area contributed by atoms with Gasteiger partial charge < -0.3 is 4.90 Å². The first-order valence-electron chi connectivity index (χ1n) is 6.36. The van der Waals surface area contributed by atoms with Crippen LogP contribution in [0.4, 0.5) is 11.4 Å². The van der Waals surface area contributed by atoms with Crippen LogP contribution in [0.15, 0.2) is 30.6 Å². The van der Waals surface area contributed by atoms with Crippen molar-refractivity contribution in [1.82, 2.24) is 9.78 Å². The lowest BCUT2D eigenvalue weighted by Gasteiger charge is -2.20. The van der Waals surface area contributed by atoms with Crippen LogP contribution in [0.1, 0.15) is 22.8 Å². The molecule has 0 unspecified atom stereocenters. The van der Waals surface area contributed by atoms with E-state index in [1.807, 2.05) is 25.2 Å². The van der Waals surface area contributed by atoms with Crippen molar-refractivity contribution < 1.29 is 9.72 Å². The summed E-state index contributed by atoms with van der Waals surface area (Å²) < 4.78 is 1.70. The number of aryl methyl sites for hydroxylation is 1. The predicted molar refractivity (Wildman–Crippen MR) is 78.4 cm³/mol. The number of hydrogen-bond donors (Lipinski definition) is 0. The van der Waals surface area contributed by atoms with Crippen LogP contribution < -0.4 is 4.90 Å². The number of aromatic nitrogens is 2. The molecule has 0 aliphatic heterocycles. The van der Waals surface area contributed by atoms with Gasteiger partial charge in [-0.2, -0.15) is 5.10 Å². The zero-order valence-corrected chi connectivity index (χ0v) is 12.1. The highest BCUT2D eigenvalue weighted by Gasteiger charge is 2.16. The Bertz CT molecular complexity index is 693. The number of benzene rings is 1. The maximum Gasteiger partial charge on any atom is 0.270 e. The van der Waals surface area contributed by atoms with Crippen molar-refractivity contribution in [3.8, 4) is 0 Å². The monoisotopic (exact) mass is 288 g/mol. The Kier molecular flexibility index (Phi) is 4.02. The van der Waals surface area contributed by atoms with Gasteiger partial charge in [0.15, 0.2) is 5.78 Å². The number of rotatable bonds is 5. The molecule has 0 amide bonds. The third-order valence-corrected chi connectivity index (χ3v) is 3.16. The second-order valence-corrected chi connectivity index (χ2v) is 4.89. The summed E-state index contributed by atoms with van der Waals surface area (Å²) in [6.07, 6.45) is 3.63. The number of nitrogens with zero attached hydrogens (tertiary/aromatic N) is 4. The number of ketones is 1. The van der Waals surface area contributed by atoms with Crippen LogP contribution >= 0.6 is 0 Å². The van der Waals surface area contributed by atoms with Gasteiger partial charge in [-0.25, -0.2) is 0 Å². The Morgan fingerprint density at radius 1 is 1.48 bits per heavy atom. The summed E-state index contributed by atoms with van der Waals surface area (Å²) in [6.45, 7) is 1.96. The van der Waals surface area contributed by atoms with Gasteiger partial charge in [-0.3, -0.25) is 19.6 Å². The highest BCUT2D eigenvalue weighted by Crippen LogP contribution is 2.26. The van der Waals surface area contributed by atoms with E-state index in [2.05, 4.69) is 5.10 Å². The van der Waals surface area contributed by atoms with Gasteiger partial charge in [-0.05, 0) is 13.0 Å². The molecule has 2 rings (SSSR count). The molecule has 1 heterocycles. The van der Waals surface area contributed by atoms with Gasteiger partial charge >= 0.3 is 0 Å². The number of hydrogen-bond acceptors (Lipinski definition) is 5. The largest absolute Gasteiger partial charge is 0.370 e. The summed E-state index contributed by atoms with van der Waals surface area (Å²) in [7, 11) is 3.66. The fourth-order valence-corrected chi connectivity index (χ4v) is 2.17. The molecule has 0 fully saturated rings. The fraction of sp³-hybridized carbons (Fsp3) is 0.286. The lowest BCUT2D eigenvalue weighted by Crippen LogP contribution is -2.18. The van der Waals surface area contributed by atoms with E-state index in [1.165, 1.54) is 19.1 Å². The molecular formula is C14H16N4O3. The Hall–Kier alpha value is -2.70. The number of nitro groups is 1. The summed E-state index contributed by atoms with van der Waals surface area (Å²) in [5.41, 5.74) is 1.92. The molecule has 0 spiro atoms.